The van der Waals surface area contributed by atoms with Crippen LogP contribution in [-0.2, 0) is 10.3 Å². The van der Waals surface area contributed by atoms with Crippen molar-refractivity contribution in [2.75, 3.05) is 12.4 Å². The van der Waals surface area contributed by atoms with Crippen LogP contribution in [0.5, 0.6) is 5.75 Å². The molecule has 3 aromatic carbocycles. The molecule has 0 saturated carbocycles. The van der Waals surface area contributed by atoms with Crippen LogP contribution in [0.2, 0.25) is 0 Å². The molecule has 39 heavy (non-hydrogen) atoms. The van der Waals surface area contributed by atoms with Gasteiger partial charge in [0.05, 0.1) is 18.9 Å². The molecule has 2 aromatic heterocycles. The van der Waals surface area contributed by atoms with Crippen molar-refractivity contribution in [2.24, 2.45) is 5.92 Å². The largest absolute Gasteiger partial charge is 0.497 e. The fourth-order valence-corrected chi connectivity index (χ4v) is 5.98. The van der Waals surface area contributed by atoms with Gasteiger partial charge in [0.25, 0.3) is 0 Å². The molecular weight excluding hydrogens is 484 g/mol. The van der Waals surface area contributed by atoms with Crippen molar-refractivity contribution >= 4 is 11.3 Å². The van der Waals surface area contributed by atoms with Crippen LogP contribution in [0, 0.1) is 5.92 Å². The van der Waals surface area contributed by atoms with Crippen molar-refractivity contribution < 1.29 is 9.47 Å². The molecule has 0 spiro atoms. The zero-order chi connectivity index (χ0) is 26.8. The third-order valence-electron chi connectivity index (χ3n) is 8.02. The van der Waals surface area contributed by atoms with Crippen molar-refractivity contribution in [1.82, 2.24) is 14.6 Å². The number of hydrogen-bond acceptors (Lipinski definition) is 5. The van der Waals surface area contributed by atoms with Gasteiger partial charge in [-0.25, -0.2) is 9.50 Å². The number of ether oxygens (including phenoxy) is 2. The summed E-state index contributed by atoms with van der Waals surface area (Å²) in [6.45, 7) is 4.46. The fourth-order valence-electron chi connectivity index (χ4n) is 5.98. The summed E-state index contributed by atoms with van der Waals surface area (Å²) in [6, 6.07) is 33.5. The van der Waals surface area contributed by atoms with Crippen LogP contribution < -0.4 is 10.1 Å². The maximum absolute atomic E-state index is 6.43. The monoisotopic (exact) mass is 518 g/mol. The van der Waals surface area contributed by atoms with Gasteiger partial charge in [0.1, 0.15) is 29.2 Å². The first-order valence-corrected chi connectivity index (χ1v) is 13.7. The first kappa shape index (κ1) is 25.1. The molecule has 6 rings (SSSR count). The lowest BCUT2D eigenvalue weighted by molar-refractivity contribution is 0.0307. The van der Waals surface area contributed by atoms with Gasteiger partial charge in [0.15, 0.2) is 5.82 Å². The van der Waals surface area contributed by atoms with Gasteiger partial charge in [0, 0.05) is 0 Å². The highest BCUT2D eigenvalue weighted by molar-refractivity contribution is 5.72. The molecule has 0 bridgehead atoms. The summed E-state index contributed by atoms with van der Waals surface area (Å²) in [5.41, 5.74) is 4.52. The van der Waals surface area contributed by atoms with Crippen LogP contribution >= 0.6 is 0 Å². The molecule has 0 amide bonds. The predicted molar refractivity (Wildman–Crippen MR) is 154 cm³/mol. The van der Waals surface area contributed by atoms with Gasteiger partial charge in [0.2, 0.25) is 0 Å². The Kier molecular flexibility index (Phi) is 6.79. The molecule has 1 aliphatic rings. The topological polar surface area (TPSA) is 60.7 Å². The summed E-state index contributed by atoms with van der Waals surface area (Å²) >= 11 is 0. The summed E-state index contributed by atoms with van der Waals surface area (Å²) in [4.78, 5) is 4.78. The van der Waals surface area contributed by atoms with E-state index in [-0.39, 0.29) is 12.2 Å². The van der Waals surface area contributed by atoms with E-state index in [0.29, 0.717) is 5.92 Å². The summed E-state index contributed by atoms with van der Waals surface area (Å²) in [5.74, 6) is 2.08. The number of rotatable bonds is 8. The second-order valence-electron chi connectivity index (χ2n) is 10.3. The van der Waals surface area contributed by atoms with Crippen LogP contribution in [0.15, 0.2) is 103 Å². The van der Waals surface area contributed by atoms with Crippen molar-refractivity contribution in [3.63, 3.8) is 0 Å². The number of methoxy groups -OCH3 is 1. The smallest absolute Gasteiger partial charge is 0.155 e. The minimum atomic E-state index is -0.722. The van der Waals surface area contributed by atoms with E-state index < -0.39 is 5.54 Å². The highest BCUT2D eigenvalue weighted by atomic mass is 16.5. The molecular formula is C33H34N4O2. The van der Waals surface area contributed by atoms with E-state index in [9.17, 15) is 0 Å². The van der Waals surface area contributed by atoms with Crippen molar-refractivity contribution in [2.45, 2.75) is 44.4 Å². The van der Waals surface area contributed by atoms with Crippen LogP contribution in [0.1, 0.15) is 55.2 Å². The van der Waals surface area contributed by atoms with Gasteiger partial charge < -0.3 is 14.8 Å². The zero-order valence-corrected chi connectivity index (χ0v) is 22.6. The molecule has 3 heterocycles. The molecule has 198 valence electrons. The molecule has 0 unspecified atom stereocenters. The predicted octanol–water partition coefficient (Wildman–Crippen LogP) is 7.02. The Hall–Kier alpha value is -4.16. The number of aromatic nitrogens is 3. The van der Waals surface area contributed by atoms with E-state index >= 15 is 0 Å². The van der Waals surface area contributed by atoms with E-state index in [1.807, 2.05) is 28.8 Å². The van der Waals surface area contributed by atoms with Crippen molar-refractivity contribution in [1.29, 1.82) is 0 Å². The van der Waals surface area contributed by atoms with Crippen LogP contribution in [0.3, 0.4) is 0 Å². The lowest BCUT2D eigenvalue weighted by atomic mass is 9.77. The molecule has 3 atom stereocenters. The fraction of sp³-hybridized carbons (Fsp3) is 0.273. The minimum Gasteiger partial charge on any atom is -0.497 e. The van der Waals surface area contributed by atoms with E-state index in [0.717, 1.165) is 52.3 Å². The molecule has 0 radical (unpaired) electrons. The average molecular weight is 519 g/mol. The average Bonchev–Trinajstić information content (AvgIpc) is 3.60. The Morgan fingerprint density at radius 3 is 2.13 bits per heavy atom. The van der Waals surface area contributed by atoms with Crippen LogP contribution in [0.25, 0.3) is 5.52 Å². The van der Waals surface area contributed by atoms with Gasteiger partial charge in [-0.1, -0.05) is 86.6 Å². The van der Waals surface area contributed by atoms with E-state index in [1.165, 1.54) is 0 Å². The van der Waals surface area contributed by atoms with E-state index in [1.54, 1.807) is 13.4 Å². The quantitative estimate of drug-likeness (QED) is 0.224. The van der Waals surface area contributed by atoms with Gasteiger partial charge in [-0.15, -0.1) is 0 Å². The SMILES string of the molecule is CC[C@H]1O[C@@H](c2ccc3c(NC(c4ccccc4)(c4ccccc4)c4ccc(OC)cc4)ncnn23)C[C@@H]1C. The number of fused-ring (bicyclic) bond motifs is 1. The summed E-state index contributed by atoms with van der Waals surface area (Å²) in [6.07, 6.45) is 3.93. The molecule has 5 aromatic rings. The minimum absolute atomic E-state index is 0.0183. The number of nitrogens with one attached hydrogen (secondary N) is 1. The third-order valence-corrected chi connectivity index (χ3v) is 8.02. The Morgan fingerprint density at radius 2 is 1.54 bits per heavy atom. The first-order valence-electron chi connectivity index (χ1n) is 13.7. The second-order valence-corrected chi connectivity index (χ2v) is 10.3. The lowest BCUT2D eigenvalue weighted by Crippen LogP contribution is -2.38. The lowest BCUT2D eigenvalue weighted by Gasteiger charge is -2.37. The maximum Gasteiger partial charge on any atom is 0.155 e. The zero-order valence-electron chi connectivity index (χ0n) is 22.6. The molecule has 1 N–H and O–H groups in total. The number of benzene rings is 3. The Balaban J connectivity index is 1.52. The van der Waals surface area contributed by atoms with E-state index in [4.69, 9.17) is 14.5 Å². The Bertz CT molecular complexity index is 1490. The number of anilines is 1. The summed E-state index contributed by atoms with van der Waals surface area (Å²) in [5, 5.41) is 8.56. The molecule has 1 saturated heterocycles. The highest BCUT2D eigenvalue weighted by Gasteiger charge is 2.38. The second kappa shape index (κ2) is 10.5. The molecule has 1 aliphatic heterocycles. The summed E-state index contributed by atoms with van der Waals surface area (Å²) < 4.78 is 13.9. The first-order chi connectivity index (χ1) is 19.1. The van der Waals surface area contributed by atoms with Crippen molar-refractivity contribution in [3.05, 3.63) is 126 Å². The van der Waals surface area contributed by atoms with Gasteiger partial charge in [-0.05, 0) is 59.7 Å². The van der Waals surface area contributed by atoms with Gasteiger partial charge >= 0.3 is 0 Å². The highest BCUT2D eigenvalue weighted by Crippen LogP contribution is 2.42. The maximum atomic E-state index is 6.43. The van der Waals surface area contributed by atoms with E-state index in [2.05, 4.69) is 97.1 Å². The standard InChI is InChI=1S/C33H34N4O2/c1-4-30-23(2)21-31(39-30)28-19-20-29-32(34-22-35-37(28)29)36-33(24-11-7-5-8-12-24,25-13-9-6-10-14-25)26-15-17-27(38-3)18-16-26/h5-20,22-23,30-31H,4,21H2,1-3H3,(H,34,35,36)/t23-,30+,31+/m0/s1. The van der Waals surface area contributed by atoms with Gasteiger partial charge in [-0.2, -0.15) is 5.10 Å². The van der Waals surface area contributed by atoms with Crippen LogP contribution in [0.4, 0.5) is 5.82 Å². The normalized spacial score (nSPS) is 19.3. The molecule has 1 fully saturated rings. The third kappa shape index (κ3) is 4.45. The Morgan fingerprint density at radius 1 is 0.897 bits per heavy atom. The molecule has 6 nitrogen and oxygen atoms in total. The molecule has 0 aliphatic carbocycles. The molecule has 6 heteroatoms. The summed E-state index contributed by atoms with van der Waals surface area (Å²) in [7, 11) is 1.69. The number of hydrogen-bond donors (Lipinski definition) is 1. The number of nitrogens with zero attached hydrogens (tertiary/aromatic N) is 3. The van der Waals surface area contributed by atoms with Crippen LogP contribution in [-0.4, -0.2) is 27.8 Å². The van der Waals surface area contributed by atoms with Gasteiger partial charge in [-0.3, -0.25) is 0 Å². The van der Waals surface area contributed by atoms with Crippen molar-refractivity contribution in [3.8, 4) is 5.75 Å². The Labute approximate surface area is 229 Å².